The molecule has 2 aromatic carbocycles. The average molecular weight is 429 g/mol. The van der Waals surface area contributed by atoms with Crippen molar-refractivity contribution in [1.82, 2.24) is 4.90 Å². The minimum Gasteiger partial charge on any atom is -0.334 e. The van der Waals surface area contributed by atoms with Crippen molar-refractivity contribution < 1.29 is 18.4 Å². The standard InChI is InChI=1S/C24H32NO4P/c1-18(2)28-30(27,29-19(3)4)23-16-22(15-20-11-7-5-8-12-20)25(24(23)26)17-21-13-9-6-10-14-21/h5-14,18-19,22-23H,15-17H2,1-4H3/t22-,23?/m0/s1. The third-order valence-corrected chi connectivity index (χ3v) is 7.74. The van der Waals surface area contributed by atoms with Gasteiger partial charge >= 0.3 is 7.60 Å². The molecule has 3 rings (SSSR count). The zero-order valence-electron chi connectivity index (χ0n) is 18.2. The summed E-state index contributed by atoms with van der Waals surface area (Å²) < 4.78 is 25.3. The maximum Gasteiger partial charge on any atom is 0.343 e. The molecule has 0 saturated carbocycles. The van der Waals surface area contributed by atoms with Gasteiger partial charge in [-0.25, -0.2) is 0 Å². The maximum absolute atomic E-state index is 13.8. The summed E-state index contributed by atoms with van der Waals surface area (Å²) in [5.41, 5.74) is 1.42. The van der Waals surface area contributed by atoms with Crippen LogP contribution in [0.15, 0.2) is 60.7 Å². The van der Waals surface area contributed by atoms with Crippen molar-refractivity contribution in [3.05, 3.63) is 71.8 Å². The highest BCUT2D eigenvalue weighted by Gasteiger charge is 2.51. The van der Waals surface area contributed by atoms with Crippen LogP contribution in [0.5, 0.6) is 0 Å². The van der Waals surface area contributed by atoms with Gasteiger partial charge in [-0.1, -0.05) is 60.7 Å². The molecule has 6 heteroatoms. The summed E-state index contributed by atoms with van der Waals surface area (Å²) in [5, 5.41) is 0. The summed E-state index contributed by atoms with van der Waals surface area (Å²) in [5.74, 6) is -0.149. The fourth-order valence-corrected chi connectivity index (χ4v) is 6.39. The van der Waals surface area contributed by atoms with Crippen molar-refractivity contribution in [2.24, 2.45) is 0 Å². The monoisotopic (exact) mass is 429 g/mol. The van der Waals surface area contributed by atoms with Crippen molar-refractivity contribution in [2.45, 2.75) is 71.0 Å². The minimum absolute atomic E-state index is 0.0649. The Morgan fingerprint density at radius 2 is 1.40 bits per heavy atom. The minimum atomic E-state index is -3.61. The maximum atomic E-state index is 13.8. The van der Waals surface area contributed by atoms with Gasteiger partial charge in [-0.05, 0) is 51.7 Å². The number of carbonyl (C=O) groups excluding carboxylic acids is 1. The summed E-state index contributed by atoms with van der Waals surface area (Å²) in [4.78, 5) is 15.4. The van der Waals surface area contributed by atoms with E-state index in [-0.39, 0.29) is 24.2 Å². The quantitative estimate of drug-likeness (QED) is 0.498. The van der Waals surface area contributed by atoms with Gasteiger partial charge in [-0.15, -0.1) is 0 Å². The van der Waals surface area contributed by atoms with Crippen LogP contribution in [0.25, 0.3) is 0 Å². The third-order valence-electron chi connectivity index (χ3n) is 5.11. The molecular weight excluding hydrogens is 397 g/mol. The largest absolute Gasteiger partial charge is 0.343 e. The number of amides is 1. The van der Waals surface area contributed by atoms with Crippen LogP contribution in [0.4, 0.5) is 0 Å². The van der Waals surface area contributed by atoms with Crippen LogP contribution in [-0.4, -0.2) is 34.7 Å². The van der Waals surface area contributed by atoms with Gasteiger partial charge in [0.1, 0.15) is 5.66 Å². The van der Waals surface area contributed by atoms with E-state index in [9.17, 15) is 9.36 Å². The summed E-state index contributed by atoms with van der Waals surface area (Å²) >= 11 is 0. The molecule has 2 aromatic rings. The lowest BCUT2D eigenvalue weighted by molar-refractivity contribution is -0.129. The molecule has 1 amide bonds. The van der Waals surface area contributed by atoms with E-state index in [4.69, 9.17) is 9.05 Å². The second-order valence-corrected chi connectivity index (χ2v) is 10.5. The highest BCUT2D eigenvalue weighted by molar-refractivity contribution is 7.55. The first-order valence-corrected chi connectivity index (χ1v) is 12.2. The Bertz CT molecular complexity index is 855. The molecule has 1 heterocycles. The average Bonchev–Trinajstić information content (AvgIpc) is 2.99. The van der Waals surface area contributed by atoms with Crippen LogP contribution in [-0.2, 0) is 31.4 Å². The molecule has 0 bridgehead atoms. The Hall–Kier alpha value is -1.94. The summed E-state index contributed by atoms with van der Waals surface area (Å²) in [6.45, 7) is 7.76. The lowest BCUT2D eigenvalue weighted by Crippen LogP contribution is -2.35. The van der Waals surface area contributed by atoms with Crippen LogP contribution in [0, 0.1) is 0 Å². The number of hydrogen-bond donors (Lipinski definition) is 0. The highest BCUT2D eigenvalue weighted by atomic mass is 31.2. The summed E-state index contributed by atoms with van der Waals surface area (Å²) in [6.07, 6.45) is 0.576. The molecule has 1 aliphatic rings. The second-order valence-electron chi connectivity index (χ2n) is 8.39. The van der Waals surface area contributed by atoms with Gasteiger partial charge in [-0.2, -0.15) is 0 Å². The van der Waals surface area contributed by atoms with Gasteiger partial charge in [0.15, 0.2) is 0 Å². The molecule has 5 nitrogen and oxygen atoms in total. The molecule has 0 spiro atoms. The van der Waals surface area contributed by atoms with Crippen molar-refractivity contribution >= 4 is 13.5 Å². The van der Waals surface area contributed by atoms with Crippen LogP contribution >= 0.6 is 7.60 Å². The molecule has 0 aromatic heterocycles. The molecule has 30 heavy (non-hydrogen) atoms. The number of nitrogens with zero attached hydrogens (tertiary/aromatic N) is 1. The van der Waals surface area contributed by atoms with E-state index >= 15 is 0 Å². The van der Waals surface area contributed by atoms with E-state index in [1.807, 2.05) is 81.1 Å². The number of carbonyl (C=O) groups is 1. The van der Waals surface area contributed by atoms with E-state index in [0.717, 1.165) is 11.1 Å². The predicted octanol–water partition coefficient (Wildman–Crippen LogP) is 5.44. The van der Waals surface area contributed by atoms with Crippen LogP contribution in [0.3, 0.4) is 0 Å². The Morgan fingerprint density at radius 1 is 0.900 bits per heavy atom. The van der Waals surface area contributed by atoms with Crippen LogP contribution in [0.1, 0.15) is 45.2 Å². The van der Waals surface area contributed by atoms with Crippen molar-refractivity contribution in [3.63, 3.8) is 0 Å². The molecule has 0 N–H and O–H groups in total. The van der Waals surface area contributed by atoms with Crippen LogP contribution < -0.4 is 0 Å². The number of likely N-dealkylation sites (tertiary alicyclic amines) is 1. The summed E-state index contributed by atoms with van der Waals surface area (Å²) in [6, 6.07) is 20.0. The van der Waals surface area contributed by atoms with Crippen molar-refractivity contribution in [3.8, 4) is 0 Å². The lowest BCUT2D eigenvalue weighted by Gasteiger charge is -2.27. The van der Waals surface area contributed by atoms with E-state index in [1.165, 1.54) is 0 Å². The Kier molecular flexibility index (Phi) is 7.51. The smallest absolute Gasteiger partial charge is 0.334 e. The van der Waals surface area contributed by atoms with E-state index in [2.05, 4.69) is 12.1 Å². The molecule has 0 radical (unpaired) electrons. The zero-order valence-corrected chi connectivity index (χ0v) is 19.1. The molecule has 162 valence electrons. The van der Waals surface area contributed by atoms with E-state index in [0.29, 0.717) is 19.4 Å². The van der Waals surface area contributed by atoms with Gasteiger partial charge < -0.3 is 13.9 Å². The third kappa shape index (κ3) is 5.60. The fourth-order valence-electron chi connectivity index (χ4n) is 3.95. The van der Waals surface area contributed by atoms with Crippen LogP contribution in [0.2, 0.25) is 0 Å². The first-order valence-electron chi connectivity index (χ1n) is 10.6. The SMILES string of the molecule is CC(C)OP(=O)(OC(C)C)C1C[C@H](Cc2ccccc2)N(Cc2ccccc2)C1=O. The predicted molar refractivity (Wildman–Crippen MR) is 119 cm³/mol. The Balaban J connectivity index is 1.91. The molecule has 2 atom stereocenters. The number of rotatable bonds is 9. The molecule has 1 aliphatic heterocycles. The van der Waals surface area contributed by atoms with E-state index in [1.54, 1.807) is 0 Å². The van der Waals surface area contributed by atoms with Gasteiger partial charge in [0.25, 0.3) is 0 Å². The molecule has 1 fully saturated rings. The first kappa shape index (κ1) is 22.7. The van der Waals surface area contributed by atoms with Gasteiger partial charge in [-0.3, -0.25) is 9.36 Å². The van der Waals surface area contributed by atoms with Gasteiger partial charge in [0.05, 0.1) is 12.2 Å². The number of hydrogen-bond acceptors (Lipinski definition) is 4. The van der Waals surface area contributed by atoms with Crippen molar-refractivity contribution in [2.75, 3.05) is 0 Å². The second kappa shape index (κ2) is 9.91. The molecule has 1 saturated heterocycles. The zero-order chi connectivity index (χ0) is 21.7. The fraction of sp³-hybridized carbons (Fsp3) is 0.458. The lowest BCUT2D eigenvalue weighted by atomic mass is 10.0. The van der Waals surface area contributed by atoms with E-state index < -0.39 is 13.3 Å². The number of benzene rings is 2. The summed E-state index contributed by atoms with van der Waals surface area (Å²) in [7, 11) is -3.61. The highest BCUT2D eigenvalue weighted by Crippen LogP contribution is 2.59. The van der Waals surface area contributed by atoms with Gasteiger partial charge in [0, 0.05) is 12.6 Å². The Morgan fingerprint density at radius 3 is 1.90 bits per heavy atom. The normalized spacial score (nSPS) is 19.8. The van der Waals surface area contributed by atoms with Gasteiger partial charge in [0.2, 0.25) is 5.91 Å². The topological polar surface area (TPSA) is 55.8 Å². The molecular formula is C24H32NO4P. The van der Waals surface area contributed by atoms with Crippen molar-refractivity contribution in [1.29, 1.82) is 0 Å². The Labute approximate surface area is 179 Å². The molecule has 0 aliphatic carbocycles. The first-order chi connectivity index (χ1) is 14.3. The molecule has 1 unspecified atom stereocenters.